The smallest absolute Gasteiger partial charge is 0.253 e. The maximum absolute atomic E-state index is 12.9. The van der Waals surface area contributed by atoms with Gasteiger partial charge in [0.1, 0.15) is 0 Å². The van der Waals surface area contributed by atoms with Crippen molar-refractivity contribution in [2.24, 2.45) is 0 Å². The molecule has 1 unspecified atom stereocenters. The molecule has 140 valence electrons. The highest BCUT2D eigenvalue weighted by Crippen LogP contribution is 2.45. The molecule has 1 aromatic carbocycles. The summed E-state index contributed by atoms with van der Waals surface area (Å²) in [5, 5.41) is 3.12. The van der Waals surface area contributed by atoms with Gasteiger partial charge in [-0.1, -0.05) is 12.1 Å². The van der Waals surface area contributed by atoms with Crippen molar-refractivity contribution in [2.45, 2.75) is 23.5 Å². The highest BCUT2D eigenvalue weighted by molar-refractivity contribution is 8.19. The maximum atomic E-state index is 12.9. The molecule has 7 heteroatoms. The lowest BCUT2D eigenvalue weighted by molar-refractivity contribution is -0.135. The first kappa shape index (κ1) is 18.2. The lowest BCUT2D eigenvalue weighted by atomic mass is 10.0. The number of benzene rings is 1. The van der Waals surface area contributed by atoms with Gasteiger partial charge >= 0.3 is 0 Å². The first-order chi connectivity index (χ1) is 12.7. The summed E-state index contributed by atoms with van der Waals surface area (Å²) in [6.07, 6.45) is 1.95. The molecule has 0 saturated carbocycles. The van der Waals surface area contributed by atoms with Crippen LogP contribution >= 0.6 is 23.5 Å². The number of rotatable bonds is 3. The highest BCUT2D eigenvalue weighted by atomic mass is 32.2. The van der Waals surface area contributed by atoms with Crippen LogP contribution in [0.15, 0.2) is 24.3 Å². The fourth-order valence-corrected chi connectivity index (χ4v) is 6.78. The molecule has 0 spiro atoms. The van der Waals surface area contributed by atoms with Gasteiger partial charge in [-0.2, -0.15) is 0 Å². The summed E-state index contributed by atoms with van der Waals surface area (Å²) in [6.45, 7) is 3.45. The van der Waals surface area contributed by atoms with E-state index in [1.54, 1.807) is 0 Å². The van der Waals surface area contributed by atoms with Crippen LogP contribution in [0.5, 0.6) is 0 Å². The van der Waals surface area contributed by atoms with Gasteiger partial charge in [0.05, 0.1) is 11.1 Å². The van der Waals surface area contributed by atoms with Crippen LogP contribution in [0.4, 0.5) is 0 Å². The average molecular weight is 392 g/mol. The molecule has 0 aromatic heterocycles. The van der Waals surface area contributed by atoms with Crippen LogP contribution in [0.2, 0.25) is 0 Å². The monoisotopic (exact) mass is 391 g/mol. The van der Waals surface area contributed by atoms with Crippen molar-refractivity contribution in [1.29, 1.82) is 0 Å². The van der Waals surface area contributed by atoms with Gasteiger partial charge in [-0.3, -0.25) is 9.59 Å². The molecule has 1 atom stereocenters. The van der Waals surface area contributed by atoms with E-state index in [1.807, 2.05) is 45.5 Å². The van der Waals surface area contributed by atoms with Crippen LogP contribution in [0.25, 0.3) is 0 Å². The predicted octanol–water partition coefficient (Wildman–Crippen LogP) is 2.20. The number of nitrogens with one attached hydrogen (secondary N) is 1. The molecule has 3 aliphatic heterocycles. The Hall–Kier alpha value is -1.18. The lowest BCUT2D eigenvalue weighted by Crippen LogP contribution is -2.57. The van der Waals surface area contributed by atoms with E-state index in [9.17, 15) is 9.59 Å². The van der Waals surface area contributed by atoms with Crippen molar-refractivity contribution in [3.8, 4) is 0 Å². The van der Waals surface area contributed by atoms with Gasteiger partial charge in [0.25, 0.3) is 5.91 Å². The van der Waals surface area contributed by atoms with Gasteiger partial charge in [-0.25, -0.2) is 0 Å². The average Bonchev–Trinajstić information content (AvgIpc) is 3.23. The number of hydrogen-bond acceptors (Lipinski definition) is 5. The van der Waals surface area contributed by atoms with Crippen LogP contribution in [0.1, 0.15) is 33.3 Å². The van der Waals surface area contributed by atoms with E-state index in [4.69, 9.17) is 0 Å². The van der Waals surface area contributed by atoms with Crippen molar-refractivity contribution in [1.82, 2.24) is 15.1 Å². The van der Waals surface area contributed by atoms with Crippen molar-refractivity contribution < 1.29 is 9.59 Å². The Kier molecular flexibility index (Phi) is 5.76. The van der Waals surface area contributed by atoms with Crippen LogP contribution in [-0.4, -0.2) is 71.9 Å². The molecule has 4 rings (SSSR count). The van der Waals surface area contributed by atoms with E-state index in [0.29, 0.717) is 17.7 Å². The predicted molar refractivity (Wildman–Crippen MR) is 108 cm³/mol. The van der Waals surface area contributed by atoms with Crippen LogP contribution in [0, 0.1) is 0 Å². The number of piperazine rings is 1. The molecular weight excluding hydrogens is 366 g/mol. The van der Waals surface area contributed by atoms with Gasteiger partial charge in [-0.15, -0.1) is 23.5 Å². The molecule has 3 saturated heterocycles. The van der Waals surface area contributed by atoms with Crippen LogP contribution in [0.3, 0.4) is 0 Å². The quantitative estimate of drug-likeness (QED) is 0.856. The summed E-state index contributed by atoms with van der Waals surface area (Å²) in [6, 6.07) is 8.30. The third-order valence-electron chi connectivity index (χ3n) is 5.30. The maximum Gasteiger partial charge on any atom is 0.253 e. The minimum absolute atomic E-state index is 0.0931. The Bertz CT molecular complexity index is 661. The standard InChI is InChI=1S/C19H25N3O2S2/c23-17-12-20-7-9-22(17)16-2-1-8-21(13-16)18(24)14-3-5-15(6-4-14)19-25-10-11-26-19/h3-6,16,19-20H,1-2,7-13H2. The van der Waals surface area contributed by atoms with E-state index in [0.717, 1.165) is 38.0 Å². The highest BCUT2D eigenvalue weighted by Gasteiger charge is 2.32. The Labute approximate surface area is 163 Å². The molecule has 0 bridgehead atoms. The summed E-state index contributed by atoms with van der Waals surface area (Å²) < 4.78 is 0.511. The van der Waals surface area contributed by atoms with Crippen LogP contribution < -0.4 is 5.32 Å². The normalized spacial score (nSPS) is 24.9. The van der Waals surface area contributed by atoms with E-state index in [2.05, 4.69) is 17.4 Å². The lowest BCUT2D eigenvalue weighted by Gasteiger charge is -2.41. The Morgan fingerprint density at radius 2 is 1.88 bits per heavy atom. The zero-order valence-corrected chi connectivity index (χ0v) is 16.5. The number of thioether (sulfide) groups is 2. The number of hydrogen-bond donors (Lipinski definition) is 1. The Morgan fingerprint density at radius 1 is 1.12 bits per heavy atom. The van der Waals surface area contributed by atoms with E-state index in [1.165, 1.54) is 17.1 Å². The number of carbonyl (C=O) groups is 2. The molecule has 0 radical (unpaired) electrons. The van der Waals surface area contributed by atoms with E-state index in [-0.39, 0.29) is 17.9 Å². The number of piperidine rings is 1. The summed E-state index contributed by atoms with van der Waals surface area (Å²) >= 11 is 3.96. The molecule has 2 amide bonds. The molecule has 1 aromatic rings. The minimum atomic E-state index is 0.0931. The molecule has 3 fully saturated rings. The minimum Gasteiger partial charge on any atom is -0.337 e. The van der Waals surface area contributed by atoms with E-state index < -0.39 is 0 Å². The van der Waals surface area contributed by atoms with E-state index >= 15 is 0 Å². The second-order valence-corrected chi connectivity index (χ2v) is 9.73. The van der Waals surface area contributed by atoms with Gasteiger partial charge in [0.2, 0.25) is 5.91 Å². The number of carbonyl (C=O) groups excluding carboxylic acids is 2. The molecule has 3 aliphatic rings. The van der Waals surface area contributed by atoms with Gasteiger partial charge < -0.3 is 15.1 Å². The molecule has 5 nitrogen and oxygen atoms in total. The molecule has 26 heavy (non-hydrogen) atoms. The summed E-state index contributed by atoms with van der Waals surface area (Å²) in [5.74, 6) is 2.66. The molecule has 3 heterocycles. The first-order valence-corrected chi connectivity index (χ1v) is 11.4. The van der Waals surface area contributed by atoms with Crippen molar-refractivity contribution in [3.05, 3.63) is 35.4 Å². The molecule has 0 aliphatic carbocycles. The number of amides is 2. The van der Waals surface area contributed by atoms with Gasteiger partial charge in [0, 0.05) is 49.3 Å². The van der Waals surface area contributed by atoms with Gasteiger partial charge in [0.15, 0.2) is 0 Å². The second-order valence-electron chi connectivity index (χ2n) is 7.01. The van der Waals surface area contributed by atoms with Crippen molar-refractivity contribution in [3.63, 3.8) is 0 Å². The Balaban J connectivity index is 1.41. The summed E-state index contributed by atoms with van der Waals surface area (Å²) in [7, 11) is 0. The molecular formula is C19H25N3O2S2. The topological polar surface area (TPSA) is 52.7 Å². The number of nitrogens with zero attached hydrogens (tertiary/aromatic N) is 2. The third kappa shape index (κ3) is 3.89. The summed E-state index contributed by atoms with van der Waals surface area (Å²) in [5.41, 5.74) is 2.06. The Morgan fingerprint density at radius 3 is 2.62 bits per heavy atom. The zero-order chi connectivity index (χ0) is 17.9. The first-order valence-electron chi connectivity index (χ1n) is 9.35. The zero-order valence-electron chi connectivity index (χ0n) is 14.9. The largest absolute Gasteiger partial charge is 0.337 e. The second kappa shape index (κ2) is 8.23. The SMILES string of the molecule is O=C(c1ccc(C2SCCS2)cc1)N1CCCC(N2CCNCC2=O)C1. The number of likely N-dealkylation sites (tertiary alicyclic amines) is 1. The summed E-state index contributed by atoms with van der Waals surface area (Å²) in [4.78, 5) is 29.0. The third-order valence-corrected chi connectivity index (χ3v) is 8.41. The fourth-order valence-electron chi connectivity index (χ4n) is 3.92. The van der Waals surface area contributed by atoms with Gasteiger partial charge in [-0.05, 0) is 30.5 Å². The molecule has 1 N–H and O–H groups in total. The van der Waals surface area contributed by atoms with Crippen molar-refractivity contribution in [2.75, 3.05) is 44.2 Å². The van der Waals surface area contributed by atoms with Crippen LogP contribution in [-0.2, 0) is 4.79 Å². The van der Waals surface area contributed by atoms with Crippen molar-refractivity contribution >= 4 is 35.3 Å². The fraction of sp³-hybridized carbons (Fsp3) is 0.579.